The molecule has 0 bridgehead atoms. The Bertz CT molecular complexity index is 794. The standard InChI is InChI=1S/C13H8O12/c14-3(15)1-2-4(9(16)17)6(11(20)21)8(13(24)25)7(12(22)23)5(2)10(18)19/h1H2,(H,14,15)(H,16,17)(H,18,19)(H,20,21)(H,22,23)(H,24,25). The summed E-state index contributed by atoms with van der Waals surface area (Å²) >= 11 is 0. The van der Waals surface area contributed by atoms with Gasteiger partial charge < -0.3 is 30.6 Å². The minimum Gasteiger partial charge on any atom is -0.481 e. The molecule has 0 heterocycles. The monoisotopic (exact) mass is 356 g/mol. The molecule has 0 unspecified atom stereocenters. The largest absolute Gasteiger partial charge is 0.481 e. The number of hydrogen-bond donors (Lipinski definition) is 6. The predicted molar refractivity (Wildman–Crippen MR) is 72.6 cm³/mol. The SMILES string of the molecule is O=C(O)Cc1c(C(=O)O)c(C(=O)O)c(C(=O)O)c(C(=O)O)c1C(=O)O. The Morgan fingerprint density at radius 1 is 0.480 bits per heavy atom. The fourth-order valence-corrected chi connectivity index (χ4v) is 2.24. The number of carboxylic acids is 6. The van der Waals surface area contributed by atoms with E-state index in [2.05, 4.69) is 0 Å². The summed E-state index contributed by atoms with van der Waals surface area (Å²) in [5.74, 6) is -12.6. The topological polar surface area (TPSA) is 224 Å². The van der Waals surface area contributed by atoms with Crippen LogP contribution in [-0.2, 0) is 11.2 Å². The van der Waals surface area contributed by atoms with Gasteiger partial charge in [0.1, 0.15) is 0 Å². The molecule has 0 fully saturated rings. The predicted octanol–water partition coefficient (Wildman–Crippen LogP) is -0.195. The first kappa shape index (κ1) is 19.1. The van der Waals surface area contributed by atoms with E-state index in [4.69, 9.17) is 30.6 Å². The van der Waals surface area contributed by atoms with Crippen LogP contribution in [0, 0.1) is 0 Å². The van der Waals surface area contributed by atoms with Crippen molar-refractivity contribution in [3.8, 4) is 0 Å². The minimum absolute atomic E-state index is 1.15. The average Bonchev–Trinajstić information content (AvgIpc) is 2.43. The fourth-order valence-electron chi connectivity index (χ4n) is 2.24. The van der Waals surface area contributed by atoms with Crippen LogP contribution < -0.4 is 0 Å². The van der Waals surface area contributed by atoms with E-state index < -0.39 is 75.6 Å². The van der Waals surface area contributed by atoms with E-state index >= 15 is 0 Å². The molecule has 0 spiro atoms. The zero-order valence-electron chi connectivity index (χ0n) is 11.8. The van der Waals surface area contributed by atoms with Gasteiger partial charge in [0.25, 0.3) is 0 Å². The van der Waals surface area contributed by atoms with Crippen LogP contribution in [-0.4, -0.2) is 66.5 Å². The molecular formula is C13H8O12. The molecule has 0 aliphatic carbocycles. The molecule has 0 atom stereocenters. The Hall–Kier alpha value is -3.96. The first-order valence-corrected chi connectivity index (χ1v) is 6.02. The van der Waals surface area contributed by atoms with Gasteiger partial charge >= 0.3 is 35.8 Å². The van der Waals surface area contributed by atoms with Crippen molar-refractivity contribution in [3.63, 3.8) is 0 Å². The quantitative estimate of drug-likeness (QED) is 0.373. The van der Waals surface area contributed by atoms with E-state index in [-0.39, 0.29) is 0 Å². The molecule has 12 heteroatoms. The van der Waals surface area contributed by atoms with Crippen LogP contribution in [0.3, 0.4) is 0 Å². The number of benzene rings is 1. The first-order chi connectivity index (χ1) is 11.4. The summed E-state index contributed by atoms with van der Waals surface area (Å²) < 4.78 is 0. The van der Waals surface area contributed by atoms with Crippen LogP contribution >= 0.6 is 0 Å². The Morgan fingerprint density at radius 3 is 0.920 bits per heavy atom. The van der Waals surface area contributed by atoms with E-state index in [0.717, 1.165) is 0 Å². The average molecular weight is 356 g/mol. The van der Waals surface area contributed by atoms with Gasteiger partial charge in [-0.3, -0.25) is 4.79 Å². The van der Waals surface area contributed by atoms with Crippen LogP contribution in [0.15, 0.2) is 0 Å². The van der Waals surface area contributed by atoms with E-state index in [1.165, 1.54) is 0 Å². The summed E-state index contributed by atoms with van der Waals surface area (Å²) in [5.41, 5.74) is -8.63. The van der Waals surface area contributed by atoms with E-state index in [1.54, 1.807) is 0 Å². The lowest BCUT2D eigenvalue weighted by Gasteiger charge is -2.17. The fraction of sp³-hybridized carbons (Fsp3) is 0.0769. The molecule has 1 aromatic rings. The maximum absolute atomic E-state index is 11.4. The van der Waals surface area contributed by atoms with Crippen LogP contribution in [0.4, 0.5) is 0 Å². The van der Waals surface area contributed by atoms with Gasteiger partial charge in [-0.1, -0.05) is 0 Å². The molecule has 6 N–H and O–H groups in total. The Morgan fingerprint density at radius 2 is 0.720 bits per heavy atom. The molecule has 0 aromatic heterocycles. The van der Waals surface area contributed by atoms with Crippen molar-refractivity contribution in [1.29, 1.82) is 0 Å². The maximum atomic E-state index is 11.4. The second-order valence-electron chi connectivity index (χ2n) is 4.45. The van der Waals surface area contributed by atoms with Gasteiger partial charge in [-0.15, -0.1) is 0 Å². The van der Waals surface area contributed by atoms with Crippen LogP contribution in [0.25, 0.3) is 0 Å². The van der Waals surface area contributed by atoms with Gasteiger partial charge in [0.2, 0.25) is 0 Å². The molecule has 0 radical (unpaired) electrons. The Balaban J connectivity index is 4.41. The highest BCUT2D eigenvalue weighted by molar-refractivity contribution is 6.19. The summed E-state index contributed by atoms with van der Waals surface area (Å²) in [4.78, 5) is 67.6. The van der Waals surface area contributed by atoms with Crippen molar-refractivity contribution in [2.75, 3.05) is 0 Å². The van der Waals surface area contributed by atoms with Gasteiger partial charge in [-0.2, -0.15) is 0 Å². The van der Waals surface area contributed by atoms with Gasteiger partial charge in [0, 0.05) is 0 Å². The lowest BCUT2D eigenvalue weighted by atomic mass is 9.84. The lowest BCUT2D eigenvalue weighted by Crippen LogP contribution is -2.27. The first-order valence-electron chi connectivity index (χ1n) is 6.02. The van der Waals surface area contributed by atoms with Crippen molar-refractivity contribution >= 4 is 35.8 Å². The van der Waals surface area contributed by atoms with E-state index in [0.29, 0.717) is 0 Å². The highest BCUT2D eigenvalue weighted by Gasteiger charge is 2.38. The third kappa shape index (κ3) is 3.36. The summed E-state index contributed by atoms with van der Waals surface area (Å²) in [6.07, 6.45) is -1.36. The second kappa shape index (κ2) is 6.66. The third-order valence-electron chi connectivity index (χ3n) is 3.00. The Labute approximate surface area is 136 Å². The highest BCUT2D eigenvalue weighted by atomic mass is 16.4. The number of carboxylic acid groups (broad SMARTS) is 6. The molecule has 1 rings (SSSR count). The van der Waals surface area contributed by atoms with Crippen molar-refractivity contribution < 1.29 is 59.4 Å². The van der Waals surface area contributed by atoms with E-state index in [9.17, 15) is 28.8 Å². The van der Waals surface area contributed by atoms with Crippen molar-refractivity contribution in [2.45, 2.75) is 6.42 Å². The van der Waals surface area contributed by atoms with Crippen LogP contribution in [0.5, 0.6) is 0 Å². The van der Waals surface area contributed by atoms with Gasteiger partial charge in [0.15, 0.2) is 0 Å². The molecule has 0 aliphatic rings. The zero-order chi connectivity index (χ0) is 19.6. The number of carbonyl (C=O) groups is 6. The minimum atomic E-state index is -2.21. The normalized spacial score (nSPS) is 10.1. The molecule has 12 nitrogen and oxygen atoms in total. The molecule has 0 amide bonds. The molecule has 0 saturated heterocycles. The molecule has 0 saturated carbocycles. The molecule has 1 aromatic carbocycles. The molecule has 0 aliphatic heterocycles. The molecule has 25 heavy (non-hydrogen) atoms. The number of aliphatic carboxylic acids is 1. The van der Waals surface area contributed by atoms with Gasteiger partial charge in [-0.25, -0.2) is 24.0 Å². The zero-order valence-corrected chi connectivity index (χ0v) is 11.8. The number of aromatic carboxylic acids is 5. The number of rotatable bonds is 7. The maximum Gasteiger partial charge on any atom is 0.337 e. The summed E-state index contributed by atoms with van der Waals surface area (Å²) in [7, 11) is 0. The van der Waals surface area contributed by atoms with Crippen molar-refractivity contribution in [1.82, 2.24) is 0 Å². The summed E-state index contributed by atoms with van der Waals surface area (Å²) in [5, 5.41) is 54.5. The Kier molecular flexibility index (Phi) is 5.08. The second-order valence-corrected chi connectivity index (χ2v) is 4.45. The molecular weight excluding hydrogens is 348 g/mol. The van der Waals surface area contributed by atoms with Crippen molar-refractivity contribution in [3.05, 3.63) is 33.4 Å². The third-order valence-corrected chi connectivity index (χ3v) is 3.00. The summed E-state index contributed by atoms with van der Waals surface area (Å²) in [6, 6.07) is 0. The summed E-state index contributed by atoms with van der Waals surface area (Å²) in [6.45, 7) is 0. The van der Waals surface area contributed by atoms with Gasteiger partial charge in [0.05, 0.1) is 34.2 Å². The van der Waals surface area contributed by atoms with Crippen molar-refractivity contribution in [2.24, 2.45) is 0 Å². The smallest absolute Gasteiger partial charge is 0.337 e. The number of hydrogen-bond acceptors (Lipinski definition) is 6. The van der Waals surface area contributed by atoms with Crippen LogP contribution in [0.1, 0.15) is 57.4 Å². The molecule has 132 valence electrons. The van der Waals surface area contributed by atoms with E-state index in [1.807, 2.05) is 0 Å². The lowest BCUT2D eigenvalue weighted by molar-refractivity contribution is -0.136. The van der Waals surface area contributed by atoms with Gasteiger partial charge in [-0.05, 0) is 5.56 Å². The van der Waals surface area contributed by atoms with Crippen LogP contribution in [0.2, 0.25) is 0 Å². The highest BCUT2D eigenvalue weighted by Crippen LogP contribution is 2.30.